The maximum Gasteiger partial charge on any atom is 0.340 e. The van der Waals surface area contributed by atoms with E-state index in [-0.39, 0.29) is 11.7 Å². The van der Waals surface area contributed by atoms with Crippen LogP contribution >= 0.6 is 23.6 Å². The van der Waals surface area contributed by atoms with Crippen molar-refractivity contribution in [1.82, 2.24) is 0 Å². The summed E-state index contributed by atoms with van der Waals surface area (Å²) in [6.45, 7) is 2.02. The molecule has 6 nitrogen and oxygen atoms in total. The summed E-state index contributed by atoms with van der Waals surface area (Å²) in [5.41, 5.74) is 2.23. The fourth-order valence-corrected chi connectivity index (χ4v) is 4.06. The number of thiocarbonyl (C=S) groups is 1. The molecule has 0 atom stereocenters. The Morgan fingerprint density at radius 2 is 1.67 bits per heavy atom. The third-order valence-corrected chi connectivity index (χ3v) is 5.40. The SMILES string of the molecule is CCOC(=O)c1ccccc1NC(=S)Nc1sc(-c2ccccc2)cc1C(=O)OC. The minimum atomic E-state index is -0.467. The van der Waals surface area contributed by atoms with Crippen molar-refractivity contribution in [2.45, 2.75) is 6.92 Å². The second kappa shape index (κ2) is 10.00. The van der Waals surface area contributed by atoms with E-state index in [0.717, 1.165) is 10.4 Å². The summed E-state index contributed by atoms with van der Waals surface area (Å²) in [6.07, 6.45) is 0. The van der Waals surface area contributed by atoms with Crippen molar-refractivity contribution >= 4 is 51.3 Å². The number of rotatable bonds is 6. The van der Waals surface area contributed by atoms with E-state index in [9.17, 15) is 9.59 Å². The van der Waals surface area contributed by atoms with Gasteiger partial charge in [-0.2, -0.15) is 0 Å². The molecular weight excluding hydrogens is 420 g/mol. The summed E-state index contributed by atoms with van der Waals surface area (Å²) >= 11 is 6.80. The lowest BCUT2D eigenvalue weighted by atomic mass is 10.1. The molecule has 3 aromatic rings. The van der Waals surface area contributed by atoms with Gasteiger partial charge < -0.3 is 20.1 Å². The van der Waals surface area contributed by atoms with Crippen LogP contribution in [0.2, 0.25) is 0 Å². The van der Waals surface area contributed by atoms with Crippen molar-refractivity contribution < 1.29 is 19.1 Å². The third kappa shape index (κ3) is 5.03. The molecule has 0 aliphatic carbocycles. The molecule has 3 rings (SSSR count). The lowest BCUT2D eigenvalue weighted by Crippen LogP contribution is -2.21. The van der Waals surface area contributed by atoms with Gasteiger partial charge in [-0.3, -0.25) is 0 Å². The number of carbonyl (C=O) groups is 2. The van der Waals surface area contributed by atoms with Gasteiger partial charge in [0.2, 0.25) is 0 Å². The summed E-state index contributed by atoms with van der Waals surface area (Å²) < 4.78 is 9.99. The highest BCUT2D eigenvalue weighted by Crippen LogP contribution is 2.36. The van der Waals surface area contributed by atoms with Crippen LogP contribution in [0.4, 0.5) is 10.7 Å². The lowest BCUT2D eigenvalue weighted by Gasteiger charge is -2.13. The Balaban J connectivity index is 1.84. The van der Waals surface area contributed by atoms with Gasteiger partial charge in [-0.05, 0) is 42.9 Å². The number of nitrogens with one attached hydrogen (secondary N) is 2. The molecular formula is C22H20N2O4S2. The molecule has 2 aromatic carbocycles. The van der Waals surface area contributed by atoms with Crippen molar-refractivity contribution in [2.24, 2.45) is 0 Å². The second-order valence-corrected chi connectivity index (χ2v) is 7.52. The molecule has 1 heterocycles. The van der Waals surface area contributed by atoms with Crippen LogP contribution in [0.25, 0.3) is 10.4 Å². The average Bonchev–Trinajstić information content (AvgIpc) is 3.18. The molecule has 0 bridgehead atoms. The van der Waals surface area contributed by atoms with Crippen molar-refractivity contribution in [3.8, 4) is 10.4 Å². The lowest BCUT2D eigenvalue weighted by molar-refractivity contribution is 0.0526. The molecule has 0 radical (unpaired) electrons. The fourth-order valence-electron chi connectivity index (χ4n) is 2.73. The fraction of sp³-hybridized carbons (Fsp3) is 0.136. The summed E-state index contributed by atoms with van der Waals surface area (Å²) in [5, 5.41) is 6.84. The molecule has 154 valence electrons. The van der Waals surface area contributed by atoms with Gasteiger partial charge in [-0.1, -0.05) is 42.5 Å². The topological polar surface area (TPSA) is 76.7 Å². The quantitative estimate of drug-likeness (QED) is 0.404. The van der Waals surface area contributed by atoms with Crippen molar-refractivity contribution in [1.29, 1.82) is 0 Å². The summed E-state index contributed by atoms with van der Waals surface area (Å²) in [5.74, 6) is -0.910. The van der Waals surface area contributed by atoms with Crippen molar-refractivity contribution in [3.63, 3.8) is 0 Å². The number of carbonyl (C=O) groups excluding carboxylic acids is 2. The molecule has 0 aliphatic rings. The smallest absolute Gasteiger partial charge is 0.340 e. The number of hydrogen-bond donors (Lipinski definition) is 2. The van der Waals surface area contributed by atoms with E-state index in [2.05, 4.69) is 10.6 Å². The molecule has 0 saturated carbocycles. The Kier molecular flexibility index (Phi) is 7.16. The molecule has 0 spiro atoms. The molecule has 0 aliphatic heterocycles. The van der Waals surface area contributed by atoms with E-state index in [1.54, 1.807) is 37.3 Å². The Morgan fingerprint density at radius 1 is 0.967 bits per heavy atom. The van der Waals surface area contributed by atoms with Crippen LogP contribution < -0.4 is 10.6 Å². The van der Waals surface area contributed by atoms with Gasteiger partial charge >= 0.3 is 11.9 Å². The number of benzene rings is 2. The number of hydrogen-bond acceptors (Lipinski definition) is 6. The maximum absolute atomic E-state index is 12.3. The molecule has 2 N–H and O–H groups in total. The Labute approximate surface area is 183 Å². The van der Waals surface area contributed by atoms with Crippen molar-refractivity contribution in [2.75, 3.05) is 24.4 Å². The number of para-hydroxylation sites is 1. The first kappa shape index (κ1) is 21.5. The van der Waals surface area contributed by atoms with Crippen LogP contribution in [-0.4, -0.2) is 30.8 Å². The van der Waals surface area contributed by atoms with Gasteiger partial charge in [0, 0.05) is 4.88 Å². The Bertz CT molecular complexity index is 1060. The van der Waals surface area contributed by atoms with E-state index < -0.39 is 11.9 Å². The van der Waals surface area contributed by atoms with Gasteiger partial charge in [-0.25, -0.2) is 9.59 Å². The molecule has 0 amide bonds. The predicted octanol–water partition coefficient (Wildman–Crippen LogP) is 5.19. The van der Waals surface area contributed by atoms with Crippen LogP contribution in [0.5, 0.6) is 0 Å². The highest BCUT2D eigenvalue weighted by atomic mass is 32.1. The van der Waals surface area contributed by atoms with Crippen LogP contribution in [-0.2, 0) is 9.47 Å². The number of anilines is 2. The van der Waals surface area contributed by atoms with Crippen LogP contribution in [0.1, 0.15) is 27.6 Å². The number of thiophene rings is 1. The minimum Gasteiger partial charge on any atom is -0.465 e. The standard InChI is InChI=1S/C22H20N2O4S2/c1-3-28-21(26)15-11-7-8-12-17(15)23-22(29)24-19-16(20(25)27-2)13-18(30-19)14-9-5-4-6-10-14/h4-13H,3H2,1-2H3,(H2,23,24,29). The second-order valence-electron chi connectivity index (χ2n) is 6.06. The highest BCUT2D eigenvalue weighted by molar-refractivity contribution is 7.80. The van der Waals surface area contributed by atoms with Crippen LogP contribution in [0.3, 0.4) is 0 Å². The van der Waals surface area contributed by atoms with Crippen molar-refractivity contribution in [3.05, 3.63) is 71.8 Å². The first-order valence-corrected chi connectivity index (χ1v) is 10.4. The molecule has 30 heavy (non-hydrogen) atoms. The molecule has 8 heteroatoms. The van der Waals surface area contributed by atoms with Gasteiger partial charge in [0.05, 0.1) is 30.5 Å². The monoisotopic (exact) mass is 440 g/mol. The number of esters is 2. The minimum absolute atomic E-state index is 0.235. The zero-order valence-corrected chi connectivity index (χ0v) is 18.1. The Hall–Kier alpha value is -3.23. The highest BCUT2D eigenvalue weighted by Gasteiger charge is 2.19. The predicted molar refractivity (Wildman–Crippen MR) is 123 cm³/mol. The zero-order valence-electron chi connectivity index (χ0n) is 16.4. The first-order valence-electron chi connectivity index (χ1n) is 9.15. The average molecular weight is 441 g/mol. The third-order valence-electron chi connectivity index (χ3n) is 4.09. The van der Waals surface area contributed by atoms with E-state index in [0.29, 0.717) is 21.8 Å². The summed E-state index contributed by atoms with van der Waals surface area (Å²) in [7, 11) is 1.33. The first-order chi connectivity index (χ1) is 14.5. The van der Waals surface area contributed by atoms with E-state index in [1.807, 2.05) is 30.3 Å². The van der Waals surface area contributed by atoms with Crippen LogP contribution in [0.15, 0.2) is 60.7 Å². The summed E-state index contributed by atoms with van der Waals surface area (Å²) in [6, 6.07) is 18.4. The molecule has 1 aromatic heterocycles. The van der Waals surface area contributed by atoms with Gasteiger partial charge in [0.15, 0.2) is 5.11 Å². The van der Waals surface area contributed by atoms with Gasteiger partial charge in [0.1, 0.15) is 5.00 Å². The zero-order chi connectivity index (χ0) is 21.5. The van der Waals surface area contributed by atoms with Gasteiger partial charge in [-0.15, -0.1) is 11.3 Å². The van der Waals surface area contributed by atoms with E-state index in [4.69, 9.17) is 21.7 Å². The van der Waals surface area contributed by atoms with E-state index in [1.165, 1.54) is 18.4 Å². The molecule has 0 saturated heterocycles. The largest absolute Gasteiger partial charge is 0.465 e. The van der Waals surface area contributed by atoms with E-state index >= 15 is 0 Å². The number of ether oxygens (including phenoxy) is 2. The normalized spacial score (nSPS) is 10.2. The van der Waals surface area contributed by atoms with Crippen LogP contribution in [0, 0.1) is 0 Å². The molecule has 0 unspecified atom stereocenters. The maximum atomic E-state index is 12.3. The molecule has 0 fully saturated rings. The summed E-state index contributed by atoms with van der Waals surface area (Å²) in [4.78, 5) is 25.3. The number of methoxy groups -OCH3 is 1. The van der Waals surface area contributed by atoms with Gasteiger partial charge in [0.25, 0.3) is 0 Å². The Morgan fingerprint density at radius 3 is 2.37 bits per heavy atom.